The van der Waals surface area contributed by atoms with Crippen LogP contribution in [0.5, 0.6) is 0 Å². The maximum atomic E-state index is 12.1. The first-order valence-electron chi connectivity index (χ1n) is 6.17. The second-order valence-corrected chi connectivity index (χ2v) is 4.72. The van der Waals surface area contributed by atoms with E-state index in [0.717, 1.165) is 16.4 Å². The van der Waals surface area contributed by atoms with Crippen molar-refractivity contribution in [2.75, 3.05) is 7.11 Å². The largest absolute Gasteiger partial charge is 0.465 e. The number of nitrogens with one attached hydrogen (secondary N) is 1. The summed E-state index contributed by atoms with van der Waals surface area (Å²) in [6, 6.07) is 11.0. The molecule has 0 atom stereocenters. The molecule has 1 aromatic carbocycles. The summed E-state index contributed by atoms with van der Waals surface area (Å²) in [5.41, 5.74) is 3.33. The highest BCUT2D eigenvalue weighted by Crippen LogP contribution is 2.25. The Morgan fingerprint density at radius 3 is 2.80 bits per heavy atom. The van der Waals surface area contributed by atoms with Crippen LogP contribution in [0, 0.1) is 0 Å². The van der Waals surface area contributed by atoms with Crippen LogP contribution in [-0.4, -0.2) is 22.5 Å². The van der Waals surface area contributed by atoms with Crippen LogP contribution in [0.3, 0.4) is 0 Å². The quantitative estimate of drug-likeness (QED) is 0.537. The molecule has 98 valence electrons. The van der Waals surface area contributed by atoms with Crippen molar-refractivity contribution < 1.29 is 9.53 Å². The van der Waals surface area contributed by atoms with Crippen LogP contribution in [0.4, 0.5) is 0 Å². The minimum Gasteiger partial charge on any atom is -0.465 e. The molecule has 0 aliphatic rings. The van der Waals surface area contributed by atoms with Gasteiger partial charge in [-0.25, -0.2) is 4.79 Å². The zero-order valence-corrected chi connectivity index (χ0v) is 10.6. The van der Waals surface area contributed by atoms with Crippen molar-refractivity contribution in [3.63, 3.8) is 0 Å². The average molecular weight is 266 g/mol. The lowest BCUT2D eigenvalue weighted by Gasteiger charge is -2.10. The van der Waals surface area contributed by atoms with Gasteiger partial charge in [-0.2, -0.15) is 0 Å². The highest BCUT2D eigenvalue weighted by molar-refractivity contribution is 6.03. The number of H-pyrrole nitrogens is 1. The maximum Gasteiger partial charge on any atom is 0.337 e. The van der Waals surface area contributed by atoms with E-state index in [2.05, 4.69) is 4.98 Å². The number of esters is 1. The molecule has 0 aliphatic heterocycles. The minimum atomic E-state index is -0.421. The van der Waals surface area contributed by atoms with Crippen LogP contribution in [-0.2, 0) is 4.74 Å². The van der Waals surface area contributed by atoms with Crippen LogP contribution < -0.4 is 5.56 Å². The van der Waals surface area contributed by atoms with Gasteiger partial charge in [0.15, 0.2) is 0 Å². The normalized spacial score (nSPS) is 11.7. The van der Waals surface area contributed by atoms with Crippen molar-refractivity contribution in [1.82, 2.24) is 9.38 Å². The van der Waals surface area contributed by atoms with Gasteiger partial charge in [0.05, 0.1) is 23.7 Å². The Labute approximate surface area is 112 Å². The summed E-state index contributed by atoms with van der Waals surface area (Å²) in [6.45, 7) is 0. The first-order valence-corrected chi connectivity index (χ1v) is 6.17. The van der Waals surface area contributed by atoms with E-state index in [1.165, 1.54) is 7.11 Å². The topological polar surface area (TPSA) is 63.6 Å². The van der Waals surface area contributed by atoms with E-state index in [4.69, 9.17) is 4.74 Å². The van der Waals surface area contributed by atoms with E-state index < -0.39 is 5.97 Å². The third-order valence-corrected chi connectivity index (χ3v) is 3.61. The number of pyridine rings is 1. The number of rotatable bonds is 1. The molecule has 0 saturated carbocycles. The van der Waals surface area contributed by atoms with E-state index in [0.29, 0.717) is 16.6 Å². The molecule has 0 aliphatic carbocycles. The molecule has 3 aromatic heterocycles. The second kappa shape index (κ2) is 3.60. The summed E-state index contributed by atoms with van der Waals surface area (Å²) in [4.78, 5) is 26.6. The number of carbonyl (C=O) groups excluding carboxylic acids is 1. The van der Waals surface area contributed by atoms with Crippen LogP contribution in [0.15, 0.2) is 41.2 Å². The molecular formula is C15H10N2O3. The zero-order valence-electron chi connectivity index (χ0n) is 10.6. The Morgan fingerprint density at radius 2 is 2.00 bits per heavy atom. The van der Waals surface area contributed by atoms with Crippen molar-refractivity contribution in [2.24, 2.45) is 0 Å². The molecular weight excluding hydrogens is 256 g/mol. The lowest BCUT2D eigenvalue weighted by Crippen LogP contribution is -2.11. The smallest absolute Gasteiger partial charge is 0.337 e. The van der Waals surface area contributed by atoms with Gasteiger partial charge in [0.25, 0.3) is 5.56 Å². The molecule has 4 rings (SSSR count). The summed E-state index contributed by atoms with van der Waals surface area (Å²) >= 11 is 0. The van der Waals surface area contributed by atoms with Gasteiger partial charge in [0.1, 0.15) is 5.52 Å². The maximum absolute atomic E-state index is 12.1. The Hall–Kier alpha value is -2.82. The van der Waals surface area contributed by atoms with Gasteiger partial charge in [-0.1, -0.05) is 6.07 Å². The Morgan fingerprint density at radius 1 is 1.20 bits per heavy atom. The molecule has 0 radical (unpaired) electrons. The molecule has 0 unspecified atom stereocenters. The highest BCUT2D eigenvalue weighted by Gasteiger charge is 2.14. The van der Waals surface area contributed by atoms with Crippen LogP contribution in [0.1, 0.15) is 10.4 Å². The fourth-order valence-electron chi connectivity index (χ4n) is 2.74. The number of ether oxygens (including phenoxy) is 1. The fraction of sp³-hybridized carbons (Fsp3) is 0.0667. The molecule has 5 heteroatoms. The number of aromatic nitrogens is 2. The lowest BCUT2D eigenvalue weighted by molar-refractivity contribution is 0.0601. The lowest BCUT2D eigenvalue weighted by atomic mass is 10.1. The number of benzene rings is 1. The van der Waals surface area contributed by atoms with Gasteiger partial charge in [-0.05, 0) is 30.3 Å². The first kappa shape index (κ1) is 11.0. The zero-order chi connectivity index (χ0) is 13.9. The third kappa shape index (κ3) is 1.26. The van der Waals surface area contributed by atoms with Crippen LogP contribution >= 0.6 is 0 Å². The van der Waals surface area contributed by atoms with Gasteiger partial charge in [0.2, 0.25) is 0 Å². The summed E-state index contributed by atoms with van der Waals surface area (Å²) < 4.78 is 6.65. The second-order valence-electron chi connectivity index (χ2n) is 4.72. The molecule has 0 amide bonds. The molecule has 0 bridgehead atoms. The highest BCUT2D eigenvalue weighted by atomic mass is 16.5. The van der Waals surface area contributed by atoms with Crippen molar-refractivity contribution in [1.29, 1.82) is 0 Å². The molecule has 3 heterocycles. The average Bonchev–Trinajstić information content (AvgIpc) is 2.90. The van der Waals surface area contributed by atoms with E-state index in [1.54, 1.807) is 18.2 Å². The van der Waals surface area contributed by atoms with E-state index >= 15 is 0 Å². The molecule has 20 heavy (non-hydrogen) atoms. The number of aromatic amines is 1. The SMILES string of the molecule is COC(=O)c1cc2ccc3ccc4c(=O)[nH]c(c1)c2n34. The number of methoxy groups -OCH3 is 1. The monoisotopic (exact) mass is 266 g/mol. The molecule has 0 saturated heterocycles. The van der Waals surface area contributed by atoms with Crippen molar-refractivity contribution >= 4 is 33.4 Å². The minimum absolute atomic E-state index is 0.174. The van der Waals surface area contributed by atoms with E-state index in [9.17, 15) is 9.59 Å². The van der Waals surface area contributed by atoms with E-state index in [1.807, 2.05) is 22.6 Å². The van der Waals surface area contributed by atoms with Gasteiger partial charge in [0, 0.05) is 10.9 Å². The van der Waals surface area contributed by atoms with Crippen LogP contribution in [0.25, 0.3) is 27.5 Å². The number of hydrogen-bond acceptors (Lipinski definition) is 3. The number of carbonyl (C=O) groups is 1. The van der Waals surface area contributed by atoms with Gasteiger partial charge < -0.3 is 14.1 Å². The summed E-state index contributed by atoms with van der Waals surface area (Å²) in [6.07, 6.45) is 0. The molecule has 0 fully saturated rings. The predicted molar refractivity (Wildman–Crippen MR) is 75.6 cm³/mol. The third-order valence-electron chi connectivity index (χ3n) is 3.61. The van der Waals surface area contributed by atoms with Gasteiger partial charge in [-0.15, -0.1) is 0 Å². The first-order chi connectivity index (χ1) is 9.69. The number of nitrogens with zero attached hydrogens (tertiary/aromatic N) is 1. The van der Waals surface area contributed by atoms with Crippen molar-refractivity contribution in [2.45, 2.75) is 0 Å². The number of hydrogen-bond donors (Lipinski definition) is 1. The van der Waals surface area contributed by atoms with Gasteiger partial charge >= 0.3 is 5.97 Å². The Balaban J connectivity index is 2.27. The molecule has 5 nitrogen and oxygen atoms in total. The summed E-state index contributed by atoms with van der Waals surface area (Å²) in [5.74, 6) is -0.421. The Bertz CT molecular complexity index is 1030. The molecule has 1 N–H and O–H groups in total. The Kier molecular flexibility index (Phi) is 1.99. The van der Waals surface area contributed by atoms with Gasteiger partial charge in [-0.3, -0.25) is 4.79 Å². The van der Waals surface area contributed by atoms with Crippen molar-refractivity contribution in [3.05, 3.63) is 52.3 Å². The standard InChI is InChI=1S/C15H10N2O3/c1-20-15(19)9-6-8-2-3-10-4-5-12-14(18)16-11(7-9)13(8)17(10)12/h2-7H,1H3,(H,16,18). The predicted octanol–water partition coefficient (Wildman–Crippen LogP) is 2.16. The van der Waals surface area contributed by atoms with E-state index in [-0.39, 0.29) is 5.56 Å². The summed E-state index contributed by atoms with van der Waals surface area (Å²) in [5, 5.41) is 0.882. The molecule has 0 spiro atoms. The summed E-state index contributed by atoms with van der Waals surface area (Å²) in [7, 11) is 1.34. The van der Waals surface area contributed by atoms with Crippen molar-refractivity contribution in [3.8, 4) is 0 Å². The molecule has 4 aromatic rings. The fourth-order valence-corrected chi connectivity index (χ4v) is 2.74. The van der Waals surface area contributed by atoms with Crippen LogP contribution in [0.2, 0.25) is 0 Å².